The van der Waals surface area contributed by atoms with E-state index in [0.29, 0.717) is 17.5 Å². The zero-order valence-corrected chi connectivity index (χ0v) is 15.7. The molecule has 6 nitrogen and oxygen atoms in total. The summed E-state index contributed by atoms with van der Waals surface area (Å²) in [6, 6.07) is 8.07. The summed E-state index contributed by atoms with van der Waals surface area (Å²) in [4.78, 5) is 3.63. The predicted octanol–water partition coefficient (Wildman–Crippen LogP) is 4.01. The summed E-state index contributed by atoms with van der Waals surface area (Å²) in [6.07, 6.45) is -1.29. The Labute approximate surface area is 159 Å². The number of nitrogens with one attached hydrogen (secondary N) is 1. The van der Waals surface area contributed by atoms with Gasteiger partial charge in [-0.2, -0.15) is 13.2 Å². The third kappa shape index (κ3) is 4.11. The van der Waals surface area contributed by atoms with Gasteiger partial charge in [0, 0.05) is 12.3 Å². The number of aryl methyl sites for hydroxylation is 1. The molecule has 0 aliphatic rings. The van der Waals surface area contributed by atoms with Crippen LogP contribution in [-0.2, 0) is 16.2 Å². The summed E-state index contributed by atoms with van der Waals surface area (Å²) in [5.74, 6) is 0.363. The first-order chi connectivity index (χ1) is 13.1. The van der Waals surface area contributed by atoms with Gasteiger partial charge >= 0.3 is 6.18 Å². The van der Waals surface area contributed by atoms with Crippen molar-refractivity contribution in [3.05, 3.63) is 66.2 Å². The normalized spacial score (nSPS) is 12.0. The van der Waals surface area contributed by atoms with Crippen molar-refractivity contribution in [1.29, 1.82) is 0 Å². The van der Waals surface area contributed by atoms with Crippen molar-refractivity contribution in [3.8, 4) is 11.4 Å². The molecule has 0 radical (unpaired) electrons. The van der Waals surface area contributed by atoms with Crippen LogP contribution in [-0.4, -0.2) is 25.1 Å². The lowest BCUT2D eigenvalue weighted by molar-refractivity contribution is -0.137. The van der Waals surface area contributed by atoms with E-state index in [-0.39, 0.29) is 5.69 Å². The highest BCUT2D eigenvalue weighted by atomic mass is 32.2. The van der Waals surface area contributed by atoms with Crippen LogP contribution in [0.3, 0.4) is 0 Å². The molecule has 0 unspecified atom stereocenters. The van der Waals surface area contributed by atoms with Crippen molar-refractivity contribution >= 4 is 15.7 Å². The molecule has 3 rings (SSSR count). The highest BCUT2D eigenvalue weighted by molar-refractivity contribution is 7.92. The number of benzene rings is 2. The molecule has 0 atom stereocenters. The number of sulfonamides is 1. The van der Waals surface area contributed by atoms with Crippen LogP contribution in [0.25, 0.3) is 5.69 Å². The number of rotatable bonds is 5. The van der Waals surface area contributed by atoms with E-state index in [1.165, 1.54) is 19.2 Å². The SMILES string of the molecule is COc1cc(NS(=O)(=O)c2cccc(C(F)(F)F)c2)ccc1-n1cnc(C)c1. The lowest BCUT2D eigenvalue weighted by Gasteiger charge is -2.14. The van der Waals surface area contributed by atoms with E-state index in [9.17, 15) is 21.6 Å². The maximum Gasteiger partial charge on any atom is 0.416 e. The molecule has 0 aliphatic heterocycles. The van der Waals surface area contributed by atoms with Crippen molar-refractivity contribution < 1.29 is 26.3 Å². The van der Waals surface area contributed by atoms with Crippen LogP contribution >= 0.6 is 0 Å². The summed E-state index contributed by atoms with van der Waals surface area (Å²) in [5, 5.41) is 0. The number of hydrogen-bond acceptors (Lipinski definition) is 4. The number of nitrogens with zero attached hydrogens (tertiary/aromatic N) is 2. The predicted molar refractivity (Wildman–Crippen MR) is 97.1 cm³/mol. The van der Waals surface area contributed by atoms with E-state index < -0.39 is 26.7 Å². The number of ether oxygens (including phenoxy) is 1. The van der Waals surface area contributed by atoms with Crippen LogP contribution in [0.2, 0.25) is 0 Å². The lowest BCUT2D eigenvalue weighted by Crippen LogP contribution is -2.14. The molecule has 148 valence electrons. The average Bonchev–Trinajstić information content (AvgIpc) is 3.07. The second-order valence-electron chi connectivity index (χ2n) is 5.94. The molecule has 0 aliphatic carbocycles. The number of anilines is 1. The summed E-state index contributed by atoms with van der Waals surface area (Å²) in [6.45, 7) is 1.82. The maximum atomic E-state index is 12.8. The fourth-order valence-corrected chi connectivity index (χ4v) is 3.66. The molecule has 1 aromatic heterocycles. The van der Waals surface area contributed by atoms with Crippen molar-refractivity contribution in [2.45, 2.75) is 18.0 Å². The summed E-state index contributed by atoms with van der Waals surface area (Å²) in [5.41, 5.74) is 0.523. The van der Waals surface area contributed by atoms with Gasteiger partial charge in [0.2, 0.25) is 0 Å². The van der Waals surface area contributed by atoms with Crippen molar-refractivity contribution in [1.82, 2.24) is 9.55 Å². The van der Waals surface area contributed by atoms with Crippen molar-refractivity contribution in [3.63, 3.8) is 0 Å². The molecular formula is C18H16F3N3O3S. The van der Waals surface area contributed by atoms with Gasteiger partial charge in [0.05, 0.1) is 41.0 Å². The monoisotopic (exact) mass is 411 g/mol. The number of aromatic nitrogens is 2. The van der Waals surface area contributed by atoms with Gasteiger partial charge in [0.15, 0.2) is 0 Å². The molecule has 3 aromatic rings. The molecule has 1 heterocycles. The lowest BCUT2D eigenvalue weighted by atomic mass is 10.2. The Morgan fingerprint density at radius 3 is 2.50 bits per heavy atom. The molecule has 0 amide bonds. The van der Waals surface area contributed by atoms with Gasteiger partial charge in [-0.1, -0.05) is 6.07 Å². The molecule has 0 bridgehead atoms. The number of hydrogen-bond donors (Lipinski definition) is 1. The second kappa shape index (κ2) is 7.19. The van der Waals surface area contributed by atoms with Gasteiger partial charge in [0.1, 0.15) is 5.75 Å². The highest BCUT2D eigenvalue weighted by Gasteiger charge is 2.31. The summed E-state index contributed by atoms with van der Waals surface area (Å²) < 4.78 is 72.8. The third-order valence-electron chi connectivity index (χ3n) is 3.89. The highest BCUT2D eigenvalue weighted by Crippen LogP contribution is 2.32. The van der Waals surface area contributed by atoms with Gasteiger partial charge < -0.3 is 9.30 Å². The smallest absolute Gasteiger partial charge is 0.416 e. The second-order valence-corrected chi connectivity index (χ2v) is 7.62. The molecule has 0 saturated carbocycles. The standard InChI is InChI=1S/C18H16F3N3O3S/c1-12-10-24(11-22-12)16-7-6-14(9-17(16)27-2)23-28(25,26)15-5-3-4-13(8-15)18(19,20)21/h3-11,23H,1-2H3. The molecular weight excluding hydrogens is 395 g/mol. The van der Waals surface area contributed by atoms with Crippen molar-refractivity contribution in [2.75, 3.05) is 11.8 Å². The van der Waals surface area contributed by atoms with E-state index in [4.69, 9.17) is 4.74 Å². The molecule has 10 heteroatoms. The first-order valence-electron chi connectivity index (χ1n) is 7.99. The number of imidazole rings is 1. The first-order valence-corrected chi connectivity index (χ1v) is 9.47. The molecule has 2 aromatic carbocycles. The summed E-state index contributed by atoms with van der Waals surface area (Å²) in [7, 11) is -2.79. The maximum absolute atomic E-state index is 12.8. The fraction of sp³-hybridized carbons (Fsp3) is 0.167. The van der Waals surface area contributed by atoms with Gasteiger partial charge in [0.25, 0.3) is 10.0 Å². The van der Waals surface area contributed by atoms with Gasteiger partial charge in [-0.15, -0.1) is 0 Å². The minimum atomic E-state index is -4.64. The number of halogens is 3. The molecule has 28 heavy (non-hydrogen) atoms. The van der Waals surface area contributed by atoms with E-state index in [1.807, 2.05) is 6.92 Å². The Morgan fingerprint density at radius 2 is 1.89 bits per heavy atom. The number of alkyl halides is 3. The van der Waals surface area contributed by atoms with Crippen LogP contribution in [0.1, 0.15) is 11.3 Å². The minimum absolute atomic E-state index is 0.148. The van der Waals surface area contributed by atoms with Crippen LogP contribution in [0.4, 0.5) is 18.9 Å². The fourth-order valence-electron chi connectivity index (χ4n) is 2.56. The van der Waals surface area contributed by atoms with E-state index in [1.54, 1.807) is 23.2 Å². The van der Waals surface area contributed by atoms with Gasteiger partial charge in [-0.05, 0) is 37.3 Å². The Hall–Kier alpha value is -3.01. The van der Waals surface area contributed by atoms with Crippen molar-refractivity contribution in [2.24, 2.45) is 0 Å². The Bertz CT molecular complexity index is 1110. The molecule has 0 saturated heterocycles. The zero-order valence-electron chi connectivity index (χ0n) is 14.9. The van der Waals surface area contributed by atoms with E-state index >= 15 is 0 Å². The largest absolute Gasteiger partial charge is 0.494 e. The topological polar surface area (TPSA) is 73.2 Å². The van der Waals surface area contributed by atoms with E-state index in [2.05, 4.69) is 9.71 Å². The minimum Gasteiger partial charge on any atom is -0.494 e. The average molecular weight is 411 g/mol. The molecule has 0 spiro atoms. The summed E-state index contributed by atoms with van der Waals surface area (Å²) >= 11 is 0. The van der Waals surface area contributed by atoms with Gasteiger partial charge in [-0.25, -0.2) is 13.4 Å². The van der Waals surface area contributed by atoms with Gasteiger partial charge in [-0.3, -0.25) is 4.72 Å². The Morgan fingerprint density at radius 1 is 1.14 bits per heavy atom. The third-order valence-corrected chi connectivity index (χ3v) is 5.27. The van der Waals surface area contributed by atoms with Crippen LogP contribution in [0, 0.1) is 6.92 Å². The van der Waals surface area contributed by atoms with Crippen LogP contribution in [0.5, 0.6) is 5.75 Å². The zero-order chi connectivity index (χ0) is 20.5. The van der Waals surface area contributed by atoms with Crippen LogP contribution < -0.4 is 9.46 Å². The molecule has 0 fully saturated rings. The first kappa shape index (κ1) is 19.7. The molecule has 1 N–H and O–H groups in total. The Balaban J connectivity index is 1.93. The Kier molecular flexibility index (Phi) is 5.07. The number of methoxy groups -OCH3 is 1. The van der Waals surface area contributed by atoms with Crippen LogP contribution in [0.15, 0.2) is 59.9 Å². The quantitative estimate of drug-likeness (QED) is 0.689. The van der Waals surface area contributed by atoms with E-state index in [0.717, 1.165) is 23.9 Å².